The quantitative estimate of drug-likeness (QED) is 0.247. The fourth-order valence-electron chi connectivity index (χ4n) is 9.79. The van der Waals surface area contributed by atoms with E-state index < -0.39 is 24.1 Å². The van der Waals surface area contributed by atoms with E-state index in [2.05, 4.69) is 27.7 Å². The summed E-state index contributed by atoms with van der Waals surface area (Å²) in [4.78, 5) is 24.8. The largest absolute Gasteiger partial charge is 0.478 e. The van der Waals surface area contributed by atoms with Gasteiger partial charge in [-0.2, -0.15) is 0 Å². The summed E-state index contributed by atoms with van der Waals surface area (Å²) in [7, 11) is 0. The Kier molecular flexibility index (Phi) is 7.53. The molecule has 0 aromatic heterocycles. The van der Waals surface area contributed by atoms with E-state index in [0.29, 0.717) is 37.2 Å². The van der Waals surface area contributed by atoms with Gasteiger partial charge in [0.25, 0.3) is 0 Å². The molecule has 0 aliphatic heterocycles. The van der Waals surface area contributed by atoms with E-state index in [9.17, 15) is 24.9 Å². The zero-order valence-corrected chi connectivity index (χ0v) is 23.8. The first-order valence-corrected chi connectivity index (χ1v) is 14.3. The summed E-state index contributed by atoms with van der Waals surface area (Å²) in [5, 5.41) is 32.9. The Labute approximate surface area is 222 Å². The van der Waals surface area contributed by atoms with Crippen molar-refractivity contribution in [1.29, 1.82) is 0 Å². The second-order valence-corrected chi connectivity index (χ2v) is 13.6. The van der Waals surface area contributed by atoms with Crippen molar-refractivity contribution in [2.24, 2.45) is 39.9 Å². The molecule has 10 atom stereocenters. The average Bonchev–Trinajstić information content (AvgIpc) is 3.05. The number of fused-ring (bicyclic) bond motifs is 5. The molecule has 0 aromatic rings. The van der Waals surface area contributed by atoms with Gasteiger partial charge in [0.15, 0.2) is 0 Å². The van der Waals surface area contributed by atoms with Crippen LogP contribution in [0.3, 0.4) is 0 Å². The predicted octanol–water partition coefficient (Wildman–Crippen LogP) is 5.67. The maximum atomic E-state index is 12.6. The smallest absolute Gasteiger partial charge is 0.331 e. The summed E-state index contributed by atoms with van der Waals surface area (Å²) in [6.45, 7) is 14.5. The zero-order valence-electron chi connectivity index (χ0n) is 23.8. The molecule has 6 nitrogen and oxygen atoms in total. The van der Waals surface area contributed by atoms with Gasteiger partial charge in [0.05, 0.1) is 12.2 Å². The Morgan fingerprint density at radius 2 is 1.70 bits per heavy atom. The third-order valence-corrected chi connectivity index (χ3v) is 11.6. The first-order chi connectivity index (χ1) is 17.2. The van der Waals surface area contributed by atoms with Gasteiger partial charge in [-0.3, -0.25) is 4.79 Å². The summed E-state index contributed by atoms with van der Waals surface area (Å²) in [6.07, 6.45) is 6.22. The van der Waals surface area contributed by atoms with Gasteiger partial charge in [-0.25, -0.2) is 4.79 Å². The van der Waals surface area contributed by atoms with Crippen molar-refractivity contribution in [3.8, 4) is 0 Å². The summed E-state index contributed by atoms with van der Waals surface area (Å²) >= 11 is 0. The minimum absolute atomic E-state index is 0.0474. The summed E-state index contributed by atoms with van der Waals surface area (Å²) < 4.78 is 5.87. The van der Waals surface area contributed by atoms with E-state index in [4.69, 9.17) is 4.74 Å². The van der Waals surface area contributed by atoms with E-state index in [1.54, 1.807) is 0 Å². The van der Waals surface area contributed by atoms with Gasteiger partial charge in [0.2, 0.25) is 0 Å². The molecule has 6 heteroatoms. The van der Waals surface area contributed by atoms with Crippen molar-refractivity contribution in [2.45, 2.75) is 118 Å². The second-order valence-electron chi connectivity index (χ2n) is 13.6. The molecule has 4 aliphatic rings. The topological polar surface area (TPSA) is 104 Å². The highest BCUT2D eigenvalue weighted by Crippen LogP contribution is 2.74. The highest BCUT2D eigenvalue weighted by Gasteiger charge is 2.70. The number of aliphatic carboxylic acids is 1. The van der Waals surface area contributed by atoms with E-state index in [1.165, 1.54) is 6.92 Å². The highest BCUT2D eigenvalue weighted by molar-refractivity contribution is 5.88. The fourth-order valence-corrected chi connectivity index (χ4v) is 9.79. The van der Waals surface area contributed by atoms with E-state index in [-0.39, 0.29) is 40.1 Å². The number of allylic oxidation sites excluding steroid dienone is 2. The number of carboxylic acids is 1. The monoisotopic (exact) mass is 516 g/mol. The van der Waals surface area contributed by atoms with Crippen LogP contribution in [0.4, 0.5) is 0 Å². The predicted molar refractivity (Wildman–Crippen MR) is 143 cm³/mol. The molecule has 4 rings (SSSR count). The molecule has 0 saturated heterocycles. The number of esters is 1. The van der Waals surface area contributed by atoms with Crippen LogP contribution in [0.15, 0.2) is 22.8 Å². The van der Waals surface area contributed by atoms with Crippen molar-refractivity contribution < 1.29 is 29.6 Å². The lowest BCUT2D eigenvalue weighted by molar-refractivity contribution is -0.234. The maximum absolute atomic E-state index is 12.6. The minimum Gasteiger partial charge on any atom is -0.478 e. The van der Waals surface area contributed by atoms with Crippen LogP contribution < -0.4 is 0 Å². The number of carboxylic acid groups (broad SMARTS) is 1. The molecule has 0 bridgehead atoms. The number of hydrogen-bond acceptors (Lipinski definition) is 5. The van der Waals surface area contributed by atoms with Crippen molar-refractivity contribution in [3.05, 3.63) is 22.8 Å². The molecule has 0 heterocycles. The molecule has 3 N–H and O–H groups in total. The number of hydrogen-bond donors (Lipinski definition) is 3. The lowest BCUT2D eigenvalue weighted by atomic mass is 9.36. The van der Waals surface area contributed by atoms with Crippen LogP contribution in [0.2, 0.25) is 0 Å². The summed E-state index contributed by atoms with van der Waals surface area (Å²) in [5.74, 6) is -0.909. The van der Waals surface area contributed by atoms with Crippen molar-refractivity contribution in [1.82, 2.24) is 0 Å². The van der Waals surface area contributed by atoms with Gasteiger partial charge in [-0.15, -0.1) is 0 Å². The number of aliphatic hydroxyl groups excluding tert-OH is 2. The molecule has 37 heavy (non-hydrogen) atoms. The third kappa shape index (κ3) is 4.40. The minimum atomic E-state index is -0.953. The number of rotatable bonds is 5. The van der Waals surface area contributed by atoms with Crippen molar-refractivity contribution in [3.63, 3.8) is 0 Å². The molecular weight excluding hydrogens is 468 g/mol. The van der Waals surface area contributed by atoms with Crippen LogP contribution in [0.25, 0.3) is 0 Å². The van der Waals surface area contributed by atoms with Gasteiger partial charge in [-0.05, 0) is 111 Å². The van der Waals surface area contributed by atoms with Gasteiger partial charge >= 0.3 is 11.9 Å². The van der Waals surface area contributed by atoms with Crippen LogP contribution in [-0.2, 0) is 14.3 Å². The Morgan fingerprint density at radius 3 is 2.30 bits per heavy atom. The molecule has 0 aromatic carbocycles. The Bertz CT molecular complexity index is 994. The molecular formula is C31H48O6. The van der Waals surface area contributed by atoms with Gasteiger partial charge in [0, 0.05) is 12.5 Å². The second kappa shape index (κ2) is 9.82. The Morgan fingerprint density at radius 1 is 1.03 bits per heavy atom. The van der Waals surface area contributed by atoms with Crippen molar-refractivity contribution >= 4 is 11.9 Å². The summed E-state index contributed by atoms with van der Waals surface area (Å²) in [6, 6.07) is 0. The Hall–Kier alpha value is -1.66. The molecule has 1 unspecified atom stereocenters. The zero-order chi connectivity index (χ0) is 27.5. The van der Waals surface area contributed by atoms with E-state index in [1.807, 2.05) is 19.9 Å². The molecule has 4 fully saturated rings. The summed E-state index contributed by atoms with van der Waals surface area (Å²) in [5.41, 5.74) is 1.57. The van der Waals surface area contributed by atoms with Gasteiger partial charge in [-0.1, -0.05) is 39.3 Å². The lowest BCUT2D eigenvalue weighted by Gasteiger charge is -2.69. The number of carbonyl (C=O) groups excluding carboxylic acids is 1. The van der Waals surface area contributed by atoms with Crippen LogP contribution in [0, 0.1) is 39.9 Å². The normalized spacial score (nSPS) is 46.2. The van der Waals surface area contributed by atoms with Gasteiger partial charge in [0.1, 0.15) is 6.10 Å². The maximum Gasteiger partial charge on any atom is 0.331 e. The molecule has 0 radical (unpaired) electrons. The van der Waals surface area contributed by atoms with Crippen LogP contribution in [0.5, 0.6) is 0 Å². The van der Waals surface area contributed by atoms with E-state index in [0.717, 1.165) is 36.8 Å². The molecule has 4 saturated carbocycles. The van der Waals surface area contributed by atoms with Crippen molar-refractivity contribution in [2.75, 3.05) is 0 Å². The number of carbonyl (C=O) groups is 2. The molecule has 208 valence electrons. The molecule has 0 amide bonds. The van der Waals surface area contributed by atoms with Gasteiger partial charge < -0.3 is 20.1 Å². The molecule has 0 spiro atoms. The fraction of sp³-hybridized carbons (Fsp3) is 0.806. The third-order valence-electron chi connectivity index (χ3n) is 11.6. The van der Waals surface area contributed by atoms with Crippen LogP contribution in [-0.4, -0.2) is 45.6 Å². The Balaban J connectivity index is 1.82. The number of aliphatic hydroxyl groups is 2. The van der Waals surface area contributed by atoms with E-state index >= 15 is 0 Å². The standard InChI is InChI=1S/C31H48O6/c1-17(2)9-8-10-20(28(35)36)26-22-15-24(34)27-29(5)13-12-23(33)18(3)21(29)11-14-30(27,6)31(22,7)16-25(26)37-19(4)32/h9,18,21-25,27,33-34H,8,10-16H2,1-7H3,(H,35,36)/b26-20-/t18-,21-,22?,23+,24+,25-,27-,29-,30-,31-/m1/s1. The number of ether oxygens (including phenoxy) is 1. The molecule has 4 aliphatic carbocycles. The first kappa shape index (κ1) is 28.4. The lowest BCUT2D eigenvalue weighted by Crippen LogP contribution is -2.65. The van der Waals surface area contributed by atoms with Crippen LogP contribution in [0.1, 0.15) is 99.8 Å². The SMILES string of the molecule is CC(=O)O[C@@H]1C[C@]2(C)C(C[C@H](O)[C@@H]3[C@]4(C)CC[C@H](O)[C@H](C)[C@H]4CC[C@]32C)/C1=C(\CCC=C(C)C)C(=O)O. The van der Waals surface area contributed by atoms with Crippen LogP contribution >= 0.6 is 0 Å². The highest BCUT2D eigenvalue weighted by atomic mass is 16.5. The average molecular weight is 517 g/mol. The first-order valence-electron chi connectivity index (χ1n) is 14.3.